The van der Waals surface area contributed by atoms with Gasteiger partial charge in [-0.05, 0) is 12.8 Å². The van der Waals surface area contributed by atoms with Crippen LogP contribution in [0, 0.1) is 0 Å². The molecule has 3 rings (SSSR count). The number of hydrogen-bond acceptors (Lipinski definition) is 4. The van der Waals surface area contributed by atoms with Crippen LogP contribution in [0.4, 0.5) is 0 Å². The van der Waals surface area contributed by atoms with Gasteiger partial charge in [-0.25, -0.2) is 14.8 Å². The van der Waals surface area contributed by atoms with E-state index >= 15 is 0 Å². The van der Waals surface area contributed by atoms with E-state index in [9.17, 15) is 9.90 Å². The van der Waals surface area contributed by atoms with E-state index in [2.05, 4.69) is 15.0 Å². The first-order valence-electron chi connectivity index (χ1n) is 6.49. The highest BCUT2D eigenvalue weighted by molar-refractivity contribution is 7.13. The maximum atomic E-state index is 11.3. The van der Waals surface area contributed by atoms with Gasteiger partial charge < -0.3 is 10.1 Å². The van der Waals surface area contributed by atoms with Gasteiger partial charge in [0.05, 0.1) is 5.69 Å². The largest absolute Gasteiger partial charge is 0.476 e. The maximum Gasteiger partial charge on any atom is 0.356 e. The molecular formula is C13H15N3O2S. The molecule has 19 heavy (non-hydrogen) atoms. The molecule has 0 atom stereocenters. The second-order valence-electron chi connectivity index (χ2n) is 4.83. The third-order valence-electron chi connectivity index (χ3n) is 3.58. The average molecular weight is 277 g/mol. The number of aromatic carboxylic acids is 1. The molecule has 0 saturated heterocycles. The van der Waals surface area contributed by atoms with Crippen molar-refractivity contribution >= 4 is 17.3 Å². The molecule has 2 heterocycles. The van der Waals surface area contributed by atoms with E-state index in [0.717, 1.165) is 36.4 Å². The van der Waals surface area contributed by atoms with Crippen molar-refractivity contribution in [1.29, 1.82) is 0 Å². The summed E-state index contributed by atoms with van der Waals surface area (Å²) in [7, 11) is 0. The molecule has 0 aromatic carbocycles. The molecular weight excluding hydrogens is 262 g/mol. The number of H-pyrrole nitrogens is 1. The second-order valence-corrected chi connectivity index (χ2v) is 5.72. The molecule has 2 N–H and O–H groups in total. The molecule has 6 heteroatoms. The summed E-state index contributed by atoms with van der Waals surface area (Å²) in [6.07, 6.45) is 7.35. The van der Waals surface area contributed by atoms with Gasteiger partial charge in [0.2, 0.25) is 0 Å². The molecule has 5 nitrogen and oxygen atoms in total. The molecule has 2 aromatic rings. The standard InChI is InChI=1S/C13H15N3O2S/c17-13(18)10-9(8-4-2-1-3-5-8)15-11(16-10)12-14-6-7-19-12/h6-8H,1-5H2,(H,15,16)(H,17,18). The Morgan fingerprint density at radius 1 is 1.37 bits per heavy atom. The number of rotatable bonds is 3. The lowest BCUT2D eigenvalue weighted by atomic mass is 9.86. The summed E-state index contributed by atoms with van der Waals surface area (Å²) in [5.74, 6) is -0.0892. The van der Waals surface area contributed by atoms with Crippen LogP contribution in [-0.2, 0) is 0 Å². The van der Waals surface area contributed by atoms with Crippen molar-refractivity contribution in [2.45, 2.75) is 38.0 Å². The fraction of sp³-hybridized carbons (Fsp3) is 0.462. The highest BCUT2D eigenvalue weighted by Crippen LogP contribution is 2.34. The summed E-state index contributed by atoms with van der Waals surface area (Å²) < 4.78 is 0. The number of aromatic amines is 1. The van der Waals surface area contributed by atoms with Crippen LogP contribution in [0.2, 0.25) is 0 Å². The number of carbonyl (C=O) groups is 1. The number of carboxylic acid groups (broad SMARTS) is 1. The van der Waals surface area contributed by atoms with Crippen LogP contribution >= 0.6 is 11.3 Å². The Balaban J connectivity index is 1.99. The Labute approximate surface area is 114 Å². The fourth-order valence-electron chi connectivity index (χ4n) is 2.68. The van der Waals surface area contributed by atoms with Crippen LogP contribution < -0.4 is 0 Å². The second kappa shape index (κ2) is 5.13. The topological polar surface area (TPSA) is 78.9 Å². The van der Waals surface area contributed by atoms with Crippen LogP contribution in [0.25, 0.3) is 10.8 Å². The minimum absolute atomic E-state index is 0.164. The predicted octanol–water partition coefficient (Wildman–Crippen LogP) is 3.28. The first-order valence-corrected chi connectivity index (χ1v) is 7.36. The molecule has 0 bridgehead atoms. The Hall–Kier alpha value is -1.69. The van der Waals surface area contributed by atoms with Crippen molar-refractivity contribution in [2.24, 2.45) is 0 Å². The highest BCUT2D eigenvalue weighted by atomic mass is 32.1. The Morgan fingerprint density at radius 3 is 2.79 bits per heavy atom. The monoisotopic (exact) mass is 277 g/mol. The van der Waals surface area contributed by atoms with E-state index in [1.165, 1.54) is 17.8 Å². The number of carboxylic acids is 1. The maximum absolute atomic E-state index is 11.3. The van der Waals surface area contributed by atoms with Crippen LogP contribution in [-0.4, -0.2) is 26.0 Å². The summed E-state index contributed by atoms with van der Waals surface area (Å²) in [6.45, 7) is 0. The molecule has 1 aliphatic carbocycles. The molecule has 0 amide bonds. The predicted molar refractivity (Wildman–Crippen MR) is 72.5 cm³/mol. The third kappa shape index (κ3) is 2.40. The molecule has 0 radical (unpaired) electrons. The van der Waals surface area contributed by atoms with E-state index < -0.39 is 5.97 Å². The minimum Gasteiger partial charge on any atom is -0.476 e. The molecule has 0 aliphatic heterocycles. The Bertz CT molecular complexity index is 571. The quantitative estimate of drug-likeness (QED) is 0.902. The van der Waals surface area contributed by atoms with Crippen LogP contribution in [0.15, 0.2) is 11.6 Å². The summed E-state index contributed by atoms with van der Waals surface area (Å²) in [5.41, 5.74) is 0.939. The number of imidazole rings is 1. The molecule has 1 saturated carbocycles. The molecule has 0 unspecified atom stereocenters. The number of aromatic nitrogens is 3. The van der Waals surface area contributed by atoms with Gasteiger partial charge in [0, 0.05) is 17.5 Å². The van der Waals surface area contributed by atoms with Crippen LogP contribution in [0.1, 0.15) is 54.2 Å². The van der Waals surface area contributed by atoms with E-state index in [4.69, 9.17) is 0 Å². The summed E-state index contributed by atoms with van der Waals surface area (Å²) in [6, 6.07) is 0. The van der Waals surface area contributed by atoms with Gasteiger partial charge in [-0.2, -0.15) is 0 Å². The van der Waals surface area contributed by atoms with Gasteiger partial charge in [-0.1, -0.05) is 19.3 Å². The van der Waals surface area contributed by atoms with Crippen molar-refractivity contribution in [1.82, 2.24) is 15.0 Å². The van der Waals surface area contributed by atoms with Gasteiger partial charge in [0.25, 0.3) is 0 Å². The fourth-order valence-corrected chi connectivity index (χ4v) is 3.26. The lowest BCUT2D eigenvalue weighted by molar-refractivity contribution is 0.0689. The molecule has 2 aromatic heterocycles. The number of nitrogens with zero attached hydrogens (tertiary/aromatic N) is 2. The smallest absolute Gasteiger partial charge is 0.356 e. The summed E-state index contributed by atoms with van der Waals surface area (Å²) in [5, 5.41) is 11.9. The normalized spacial score (nSPS) is 16.6. The van der Waals surface area contributed by atoms with E-state index in [-0.39, 0.29) is 5.69 Å². The van der Waals surface area contributed by atoms with Crippen molar-refractivity contribution < 1.29 is 9.90 Å². The van der Waals surface area contributed by atoms with Gasteiger partial charge in [-0.3, -0.25) is 0 Å². The summed E-state index contributed by atoms with van der Waals surface area (Å²) in [4.78, 5) is 22.9. The van der Waals surface area contributed by atoms with Gasteiger partial charge in [-0.15, -0.1) is 11.3 Å². The summed E-state index contributed by atoms with van der Waals surface area (Å²) >= 11 is 1.46. The minimum atomic E-state index is -0.959. The van der Waals surface area contributed by atoms with E-state index in [1.807, 2.05) is 5.38 Å². The molecule has 0 spiro atoms. The lowest BCUT2D eigenvalue weighted by Crippen LogP contribution is -2.10. The average Bonchev–Trinajstić information content (AvgIpc) is 3.08. The SMILES string of the molecule is O=C(O)c1nc(-c2nccs2)[nH]c1C1CCCCC1. The van der Waals surface area contributed by atoms with Crippen LogP contribution in [0.5, 0.6) is 0 Å². The van der Waals surface area contributed by atoms with E-state index in [1.54, 1.807) is 6.20 Å². The Morgan fingerprint density at radius 2 is 2.16 bits per heavy atom. The zero-order valence-electron chi connectivity index (χ0n) is 10.4. The Kier molecular flexibility index (Phi) is 3.33. The van der Waals surface area contributed by atoms with Crippen LogP contribution in [0.3, 0.4) is 0 Å². The lowest BCUT2D eigenvalue weighted by Gasteiger charge is -2.20. The zero-order chi connectivity index (χ0) is 13.2. The molecule has 100 valence electrons. The number of hydrogen-bond donors (Lipinski definition) is 2. The third-order valence-corrected chi connectivity index (χ3v) is 4.36. The van der Waals surface area contributed by atoms with Gasteiger partial charge >= 0.3 is 5.97 Å². The zero-order valence-corrected chi connectivity index (χ0v) is 11.2. The van der Waals surface area contributed by atoms with Crippen molar-refractivity contribution in [3.05, 3.63) is 23.0 Å². The van der Waals surface area contributed by atoms with Crippen molar-refractivity contribution in [3.8, 4) is 10.8 Å². The first kappa shape index (κ1) is 12.3. The molecule has 1 fully saturated rings. The number of thiazole rings is 1. The van der Waals surface area contributed by atoms with Crippen molar-refractivity contribution in [3.63, 3.8) is 0 Å². The number of nitrogens with one attached hydrogen (secondary N) is 1. The highest BCUT2D eigenvalue weighted by Gasteiger charge is 2.26. The first-order chi connectivity index (χ1) is 9.25. The van der Waals surface area contributed by atoms with E-state index in [0.29, 0.717) is 11.7 Å². The molecule has 1 aliphatic rings. The van der Waals surface area contributed by atoms with Gasteiger partial charge in [0.1, 0.15) is 0 Å². The van der Waals surface area contributed by atoms with Crippen molar-refractivity contribution in [2.75, 3.05) is 0 Å². The van der Waals surface area contributed by atoms with Gasteiger partial charge in [0.15, 0.2) is 16.5 Å².